The van der Waals surface area contributed by atoms with Crippen LogP contribution in [0.1, 0.15) is 26.7 Å². The minimum absolute atomic E-state index is 0.0427. The molecule has 0 radical (unpaired) electrons. The molecule has 82 valence electrons. The maximum atomic E-state index is 6.01. The summed E-state index contributed by atoms with van der Waals surface area (Å²) in [5.41, 5.74) is 0.113. The van der Waals surface area contributed by atoms with Gasteiger partial charge in [0.15, 0.2) is 0 Å². The zero-order valence-corrected chi connectivity index (χ0v) is 9.43. The Balaban J connectivity index is 2.14. The summed E-state index contributed by atoms with van der Waals surface area (Å²) >= 11 is 0. The molecule has 0 amide bonds. The van der Waals surface area contributed by atoms with Gasteiger partial charge in [-0.3, -0.25) is 0 Å². The highest BCUT2D eigenvalue weighted by Crippen LogP contribution is 2.45. The second-order valence-electron chi connectivity index (χ2n) is 5.20. The van der Waals surface area contributed by atoms with E-state index in [0.717, 1.165) is 32.7 Å². The molecule has 14 heavy (non-hydrogen) atoms. The van der Waals surface area contributed by atoms with E-state index in [2.05, 4.69) is 19.2 Å². The fourth-order valence-corrected chi connectivity index (χ4v) is 2.57. The van der Waals surface area contributed by atoms with E-state index < -0.39 is 0 Å². The van der Waals surface area contributed by atoms with E-state index in [1.54, 1.807) is 0 Å². The SMILES string of the molecule is CNC1CCOC2(COCC2(C)C)C1. The van der Waals surface area contributed by atoms with Crippen LogP contribution in [-0.4, -0.2) is 38.5 Å². The van der Waals surface area contributed by atoms with Crippen LogP contribution in [-0.2, 0) is 9.47 Å². The van der Waals surface area contributed by atoms with E-state index in [9.17, 15) is 0 Å². The Hall–Kier alpha value is -0.120. The lowest BCUT2D eigenvalue weighted by Crippen LogP contribution is -2.54. The second kappa shape index (κ2) is 3.47. The van der Waals surface area contributed by atoms with E-state index in [-0.39, 0.29) is 11.0 Å². The van der Waals surface area contributed by atoms with Gasteiger partial charge in [0, 0.05) is 18.1 Å². The van der Waals surface area contributed by atoms with Crippen molar-refractivity contribution < 1.29 is 9.47 Å². The molecule has 2 fully saturated rings. The van der Waals surface area contributed by atoms with Crippen molar-refractivity contribution in [3.63, 3.8) is 0 Å². The Morgan fingerprint density at radius 3 is 2.64 bits per heavy atom. The summed E-state index contributed by atoms with van der Waals surface area (Å²) in [4.78, 5) is 0. The normalized spacial score (nSPS) is 41.8. The first-order valence-electron chi connectivity index (χ1n) is 5.49. The molecule has 2 saturated heterocycles. The molecule has 3 heteroatoms. The fraction of sp³-hybridized carbons (Fsp3) is 1.00. The summed E-state index contributed by atoms with van der Waals surface area (Å²) in [5, 5.41) is 3.36. The van der Waals surface area contributed by atoms with Crippen LogP contribution in [0.4, 0.5) is 0 Å². The number of nitrogens with one attached hydrogen (secondary N) is 1. The van der Waals surface area contributed by atoms with Gasteiger partial charge in [0.05, 0.1) is 13.2 Å². The molecule has 0 saturated carbocycles. The molecule has 2 atom stereocenters. The van der Waals surface area contributed by atoms with Crippen LogP contribution in [0.15, 0.2) is 0 Å². The predicted molar refractivity (Wildman–Crippen MR) is 55.4 cm³/mol. The first kappa shape index (κ1) is 10.4. The number of hydrogen-bond acceptors (Lipinski definition) is 3. The van der Waals surface area contributed by atoms with Gasteiger partial charge in [-0.05, 0) is 19.9 Å². The van der Waals surface area contributed by atoms with Crippen LogP contribution in [0.25, 0.3) is 0 Å². The molecule has 1 spiro atoms. The molecule has 2 rings (SSSR count). The molecular formula is C11H21NO2. The molecule has 2 aliphatic heterocycles. The van der Waals surface area contributed by atoms with Crippen LogP contribution in [0, 0.1) is 5.41 Å². The van der Waals surface area contributed by atoms with Crippen molar-refractivity contribution in [2.75, 3.05) is 26.9 Å². The topological polar surface area (TPSA) is 30.5 Å². The second-order valence-corrected chi connectivity index (χ2v) is 5.20. The molecule has 0 aromatic heterocycles. The summed E-state index contributed by atoms with van der Waals surface area (Å²) in [6.07, 6.45) is 2.20. The van der Waals surface area contributed by atoms with E-state index in [1.807, 2.05) is 7.05 Å². The largest absolute Gasteiger partial charge is 0.378 e. The van der Waals surface area contributed by atoms with Gasteiger partial charge in [-0.2, -0.15) is 0 Å². The lowest BCUT2D eigenvalue weighted by molar-refractivity contribution is -0.133. The molecule has 2 unspecified atom stereocenters. The molecular weight excluding hydrogens is 178 g/mol. The number of hydrogen-bond donors (Lipinski definition) is 1. The zero-order valence-electron chi connectivity index (χ0n) is 9.43. The molecule has 0 bridgehead atoms. The van der Waals surface area contributed by atoms with Crippen molar-refractivity contribution in [1.82, 2.24) is 5.32 Å². The molecule has 1 N–H and O–H groups in total. The maximum Gasteiger partial charge on any atom is 0.100 e. The smallest absolute Gasteiger partial charge is 0.100 e. The maximum absolute atomic E-state index is 6.01. The third-order valence-corrected chi connectivity index (χ3v) is 3.86. The summed E-state index contributed by atoms with van der Waals surface area (Å²) < 4.78 is 11.6. The Labute approximate surface area is 86.2 Å². The monoisotopic (exact) mass is 199 g/mol. The Morgan fingerprint density at radius 2 is 2.07 bits per heavy atom. The average molecular weight is 199 g/mol. The minimum Gasteiger partial charge on any atom is -0.378 e. The van der Waals surface area contributed by atoms with Crippen LogP contribution in [0.3, 0.4) is 0 Å². The van der Waals surface area contributed by atoms with Gasteiger partial charge < -0.3 is 14.8 Å². The van der Waals surface area contributed by atoms with E-state index in [4.69, 9.17) is 9.47 Å². The van der Waals surface area contributed by atoms with Crippen molar-refractivity contribution >= 4 is 0 Å². The summed E-state index contributed by atoms with van der Waals surface area (Å²) in [6, 6.07) is 0.588. The van der Waals surface area contributed by atoms with Crippen LogP contribution < -0.4 is 5.32 Å². The first-order valence-corrected chi connectivity index (χ1v) is 5.49. The third kappa shape index (κ3) is 1.47. The molecule has 0 aromatic rings. The Morgan fingerprint density at radius 1 is 1.29 bits per heavy atom. The molecule has 2 heterocycles. The van der Waals surface area contributed by atoms with E-state index >= 15 is 0 Å². The van der Waals surface area contributed by atoms with E-state index in [1.165, 1.54) is 0 Å². The summed E-state index contributed by atoms with van der Waals surface area (Å²) in [6.45, 7) is 6.94. The van der Waals surface area contributed by atoms with E-state index in [0.29, 0.717) is 6.04 Å². The molecule has 0 aromatic carbocycles. The minimum atomic E-state index is -0.0427. The van der Waals surface area contributed by atoms with Gasteiger partial charge in [0.2, 0.25) is 0 Å². The van der Waals surface area contributed by atoms with Crippen LogP contribution in [0.5, 0.6) is 0 Å². The number of ether oxygens (including phenoxy) is 2. The van der Waals surface area contributed by atoms with Crippen LogP contribution >= 0.6 is 0 Å². The first-order chi connectivity index (χ1) is 6.60. The summed E-state index contributed by atoms with van der Waals surface area (Å²) in [7, 11) is 2.03. The number of rotatable bonds is 1. The third-order valence-electron chi connectivity index (χ3n) is 3.86. The standard InChI is InChI=1S/C11H21NO2/c1-10(2)7-13-8-11(10)6-9(12-3)4-5-14-11/h9,12H,4-8H2,1-3H3. The lowest BCUT2D eigenvalue weighted by atomic mass is 9.72. The van der Waals surface area contributed by atoms with Crippen molar-refractivity contribution in [2.24, 2.45) is 5.41 Å². The van der Waals surface area contributed by atoms with Gasteiger partial charge in [0.25, 0.3) is 0 Å². The fourth-order valence-electron chi connectivity index (χ4n) is 2.57. The van der Waals surface area contributed by atoms with Gasteiger partial charge in [-0.1, -0.05) is 13.8 Å². The van der Waals surface area contributed by atoms with Gasteiger partial charge in [0.1, 0.15) is 5.60 Å². The highest BCUT2D eigenvalue weighted by atomic mass is 16.6. The lowest BCUT2D eigenvalue weighted by Gasteiger charge is -2.45. The molecule has 3 nitrogen and oxygen atoms in total. The van der Waals surface area contributed by atoms with Gasteiger partial charge >= 0.3 is 0 Å². The highest BCUT2D eigenvalue weighted by Gasteiger charge is 2.53. The van der Waals surface area contributed by atoms with Crippen LogP contribution in [0.2, 0.25) is 0 Å². The van der Waals surface area contributed by atoms with Gasteiger partial charge in [-0.15, -0.1) is 0 Å². The Bertz CT molecular complexity index is 217. The van der Waals surface area contributed by atoms with Crippen molar-refractivity contribution in [1.29, 1.82) is 0 Å². The molecule has 2 aliphatic rings. The quantitative estimate of drug-likeness (QED) is 0.688. The van der Waals surface area contributed by atoms with Crippen molar-refractivity contribution in [2.45, 2.75) is 38.3 Å². The average Bonchev–Trinajstić information content (AvgIpc) is 2.43. The van der Waals surface area contributed by atoms with Crippen molar-refractivity contribution in [3.8, 4) is 0 Å². The zero-order chi connectivity index (χ0) is 10.2. The Kier molecular flexibility index (Phi) is 2.58. The summed E-state index contributed by atoms with van der Waals surface area (Å²) in [5.74, 6) is 0. The highest BCUT2D eigenvalue weighted by molar-refractivity contribution is 5.03. The molecule has 0 aliphatic carbocycles. The van der Waals surface area contributed by atoms with Gasteiger partial charge in [-0.25, -0.2) is 0 Å². The van der Waals surface area contributed by atoms with Crippen molar-refractivity contribution in [3.05, 3.63) is 0 Å². The predicted octanol–water partition coefficient (Wildman–Crippen LogP) is 1.18.